The fourth-order valence-corrected chi connectivity index (χ4v) is 2.39. The third kappa shape index (κ3) is 2.12. The number of aromatic amines is 1. The van der Waals surface area contributed by atoms with E-state index in [-0.39, 0.29) is 17.0 Å². The van der Waals surface area contributed by atoms with Crippen molar-refractivity contribution >= 4 is 22.4 Å². The van der Waals surface area contributed by atoms with Gasteiger partial charge in [-0.05, 0) is 30.3 Å². The molecule has 3 rings (SSSR count). The molecule has 21 heavy (non-hydrogen) atoms. The lowest BCUT2D eigenvalue weighted by Crippen LogP contribution is -2.05. The van der Waals surface area contributed by atoms with Crippen molar-refractivity contribution in [1.82, 2.24) is 4.98 Å². The molecule has 0 saturated heterocycles. The third-order valence-corrected chi connectivity index (χ3v) is 3.39. The Bertz CT molecular complexity index is 839. The molecule has 0 radical (unpaired) electrons. The average molecular weight is 284 g/mol. The number of halogens is 1. The molecule has 0 aliphatic heterocycles. The van der Waals surface area contributed by atoms with Gasteiger partial charge in [0, 0.05) is 23.0 Å². The maximum atomic E-state index is 13.1. The predicted molar refractivity (Wildman–Crippen MR) is 79.1 cm³/mol. The number of ketones is 1. The summed E-state index contributed by atoms with van der Waals surface area (Å²) in [5, 5.41) is 0.689. The maximum absolute atomic E-state index is 13.1. The van der Waals surface area contributed by atoms with Gasteiger partial charge in [-0.15, -0.1) is 0 Å². The molecule has 0 spiro atoms. The Kier molecular flexibility index (Phi) is 3.10. The number of carbonyl (C=O) groups is 1. The number of nitrogen functional groups attached to an aromatic ring is 1. The lowest BCUT2D eigenvalue weighted by molar-refractivity contribution is 0.104. The van der Waals surface area contributed by atoms with Crippen molar-refractivity contribution in [3.05, 3.63) is 59.5 Å². The molecular weight excluding hydrogens is 271 g/mol. The van der Waals surface area contributed by atoms with Gasteiger partial charge in [0.2, 0.25) is 0 Å². The molecule has 0 saturated carbocycles. The number of benzene rings is 2. The summed E-state index contributed by atoms with van der Waals surface area (Å²) < 4.78 is 18.4. The molecule has 0 bridgehead atoms. The summed E-state index contributed by atoms with van der Waals surface area (Å²) in [6.07, 6.45) is 1.61. The minimum Gasteiger partial charge on any atom is -0.496 e. The van der Waals surface area contributed by atoms with Crippen LogP contribution >= 0.6 is 0 Å². The Hall–Kier alpha value is -2.82. The maximum Gasteiger partial charge on any atom is 0.197 e. The summed E-state index contributed by atoms with van der Waals surface area (Å²) in [6.45, 7) is 0. The number of aromatic nitrogens is 1. The molecule has 4 nitrogen and oxygen atoms in total. The first kappa shape index (κ1) is 13.2. The van der Waals surface area contributed by atoms with E-state index < -0.39 is 5.82 Å². The monoisotopic (exact) mass is 284 g/mol. The van der Waals surface area contributed by atoms with Gasteiger partial charge in [0.15, 0.2) is 5.78 Å². The summed E-state index contributed by atoms with van der Waals surface area (Å²) in [7, 11) is 1.54. The van der Waals surface area contributed by atoms with Crippen molar-refractivity contribution in [1.29, 1.82) is 0 Å². The van der Waals surface area contributed by atoms with Crippen LogP contribution in [-0.2, 0) is 0 Å². The fourth-order valence-electron chi connectivity index (χ4n) is 2.39. The normalized spacial score (nSPS) is 10.8. The molecule has 3 N–H and O–H groups in total. The number of nitrogens with one attached hydrogen (secondary N) is 1. The van der Waals surface area contributed by atoms with Crippen molar-refractivity contribution in [2.45, 2.75) is 0 Å². The number of nitrogens with two attached hydrogens (primary N) is 1. The van der Waals surface area contributed by atoms with E-state index in [9.17, 15) is 9.18 Å². The van der Waals surface area contributed by atoms with Crippen LogP contribution in [-0.4, -0.2) is 17.9 Å². The Labute approximate surface area is 120 Å². The molecule has 0 fully saturated rings. The zero-order valence-corrected chi connectivity index (χ0v) is 11.3. The minimum absolute atomic E-state index is 0.115. The molecule has 0 aliphatic rings. The van der Waals surface area contributed by atoms with Crippen molar-refractivity contribution < 1.29 is 13.9 Å². The second-order valence-corrected chi connectivity index (χ2v) is 4.65. The SMILES string of the molecule is COc1cccc2[nH]cc(C(=O)c3ccc(F)cc3N)c12. The topological polar surface area (TPSA) is 68.1 Å². The highest BCUT2D eigenvalue weighted by molar-refractivity contribution is 6.19. The van der Waals surface area contributed by atoms with Gasteiger partial charge in [0.25, 0.3) is 0 Å². The van der Waals surface area contributed by atoms with Gasteiger partial charge in [-0.1, -0.05) is 6.07 Å². The molecule has 5 heteroatoms. The summed E-state index contributed by atoms with van der Waals surface area (Å²) in [6, 6.07) is 9.21. The number of H-pyrrole nitrogens is 1. The predicted octanol–water partition coefficient (Wildman–Crippen LogP) is 3.13. The van der Waals surface area contributed by atoms with E-state index in [1.165, 1.54) is 12.1 Å². The van der Waals surface area contributed by atoms with Gasteiger partial charge in [-0.25, -0.2) is 4.39 Å². The summed E-state index contributed by atoms with van der Waals surface area (Å²) in [4.78, 5) is 15.7. The lowest BCUT2D eigenvalue weighted by atomic mass is 10.0. The smallest absolute Gasteiger partial charge is 0.197 e. The van der Waals surface area contributed by atoms with Crippen LogP contribution in [0.5, 0.6) is 5.75 Å². The molecule has 3 aromatic rings. The zero-order chi connectivity index (χ0) is 15.0. The van der Waals surface area contributed by atoms with Crippen LogP contribution in [0.3, 0.4) is 0 Å². The summed E-state index contributed by atoms with van der Waals surface area (Å²) in [5.41, 5.74) is 7.36. The average Bonchev–Trinajstić information content (AvgIpc) is 2.90. The van der Waals surface area contributed by atoms with Gasteiger partial charge < -0.3 is 15.5 Å². The summed E-state index contributed by atoms with van der Waals surface area (Å²) >= 11 is 0. The van der Waals surface area contributed by atoms with E-state index in [0.29, 0.717) is 16.7 Å². The van der Waals surface area contributed by atoms with Crippen LogP contribution < -0.4 is 10.5 Å². The number of hydrogen-bond donors (Lipinski definition) is 2. The van der Waals surface area contributed by atoms with E-state index in [1.807, 2.05) is 12.1 Å². The number of rotatable bonds is 3. The molecule has 106 valence electrons. The second kappa shape index (κ2) is 4.94. The van der Waals surface area contributed by atoms with Crippen molar-refractivity contribution in [3.63, 3.8) is 0 Å². The lowest BCUT2D eigenvalue weighted by Gasteiger charge is -2.06. The number of hydrogen-bond acceptors (Lipinski definition) is 3. The number of ether oxygens (including phenoxy) is 1. The Morgan fingerprint density at radius 1 is 1.24 bits per heavy atom. The molecule has 1 aromatic heterocycles. The second-order valence-electron chi connectivity index (χ2n) is 4.65. The first-order chi connectivity index (χ1) is 10.1. The van der Waals surface area contributed by atoms with Gasteiger partial charge in [0.05, 0.1) is 18.1 Å². The number of methoxy groups -OCH3 is 1. The van der Waals surface area contributed by atoms with Crippen LogP contribution in [0.25, 0.3) is 10.9 Å². The van der Waals surface area contributed by atoms with Crippen LogP contribution in [0, 0.1) is 5.82 Å². The Morgan fingerprint density at radius 2 is 2.05 bits per heavy atom. The van der Waals surface area contributed by atoms with E-state index in [0.717, 1.165) is 11.6 Å². The van der Waals surface area contributed by atoms with Crippen LogP contribution in [0.4, 0.5) is 10.1 Å². The number of carbonyl (C=O) groups excluding carboxylic acids is 1. The van der Waals surface area contributed by atoms with Gasteiger partial charge in [-0.3, -0.25) is 4.79 Å². The Balaban J connectivity index is 2.18. The Morgan fingerprint density at radius 3 is 2.76 bits per heavy atom. The molecule has 0 atom stereocenters. The van der Waals surface area contributed by atoms with Crippen LogP contribution in [0.2, 0.25) is 0 Å². The third-order valence-electron chi connectivity index (χ3n) is 3.39. The molecule has 1 heterocycles. The first-order valence-electron chi connectivity index (χ1n) is 6.35. The molecule has 2 aromatic carbocycles. The quantitative estimate of drug-likeness (QED) is 0.573. The van der Waals surface area contributed by atoms with Crippen LogP contribution in [0.1, 0.15) is 15.9 Å². The highest BCUT2D eigenvalue weighted by Gasteiger charge is 2.19. The molecular formula is C16H13FN2O2. The van der Waals surface area contributed by atoms with Gasteiger partial charge in [0.1, 0.15) is 11.6 Å². The highest BCUT2D eigenvalue weighted by atomic mass is 19.1. The molecule has 0 amide bonds. The number of anilines is 1. The minimum atomic E-state index is -0.472. The van der Waals surface area contributed by atoms with Crippen molar-refractivity contribution in [3.8, 4) is 5.75 Å². The number of fused-ring (bicyclic) bond motifs is 1. The largest absolute Gasteiger partial charge is 0.496 e. The molecule has 0 aliphatic carbocycles. The standard InChI is InChI=1S/C16H13FN2O2/c1-21-14-4-2-3-13-15(14)11(8-19-13)16(20)10-6-5-9(17)7-12(10)18/h2-8,19H,18H2,1H3. The highest BCUT2D eigenvalue weighted by Crippen LogP contribution is 2.31. The summed E-state index contributed by atoms with van der Waals surface area (Å²) in [5.74, 6) is -0.151. The fraction of sp³-hybridized carbons (Fsp3) is 0.0625. The van der Waals surface area contributed by atoms with Gasteiger partial charge in [-0.2, -0.15) is 0 Å². The van der Waals surface area contributed by atoms with E-state index >= 15 is 0 Å². The molecule has 0 unspecified atom stereocenters. The van der Waals surface area contributed by atoms with E-state index in [1.54, 1.807) is 19.4 Å². The van der Waals surface area contributed by atoms with Crippen molar-refractivity contribution in [2.24, 2.45) is 0 Å². The van der Waals surface area contributed by atoms with Crippen molar-refractivity contribution in [2.75, 3.05) is 12.8 Å². The van der Waals surface area contributed by atoms with Crippen LogP contribution in [0.15, 0.2) is 42.6 Å². The van der Waals surface area contributed by atoms with E-state index in [2.05, 4.69) is 4.98 Å². The zero-order valence-electron chi connectivity index (χ0n) is 11.3. The van der Waals surface area contributed by atoms with E-state index in [4.69, 9.17) is 10.5 Å². The van der Waals surface area contributed by atoms with Gasteiger partial charge >= 0.3 is 0 Å². The first-order valence-corrected chi connectivity index (χ1v) is 6.35.